The molecule has 0 heterocycles. The van der Waals surface area contributed by atoms with Crippen LogP contribution in [0.5, 0.6) is 23.0 Å². The molecule has 2 aromatic rings. The van der Waals surface area contributed by atoms with Crippen molar-refractivity contribution in [1.29, 1.82) is 0 Å². The van der Waals surface area contributed by atoms with Crippen LogP contribution in [0.1, 0.15) is 75.2 Å². The fourth-order valence-electron chi connectivity index (χ4n) is 2.83. The Hall–Kier alpha value is -2.69. The molecule has 5 heteroatoms. The molecule has 0 radical (unpaired) electrons. The normalized spacial score (nSPS) is 10.6. The van der Waals surface area contributed by atoms with Crippen molar-refractivity contribution in [3.05, 3.63) is 47.5 Å². The molecule has 0 amide bonds. The second kappa shape index (κ2) is 12.8. The topological polar surface area (TPSA) is 65.0 Å². The van der Waals surface area contributed by atoms with Crippen molar-refractivity contribution >= 4 is 5.78 Å². The van der Waals surface area contributed by atoms with Gasteiger partial charge in [0.15, 0.2) is 5.78 Å². The summed E-state index contributed by atoms with van der Waals surface area (Å²) in [6.45, 7) is 8.00. The summed E-state index contributed by atoms with van der Waals surface area (Å²) in [5.74, 6) is 1.31. The number of carbonyl (C=O) groups excluding carboxylic acids is 1. The lowest BCUT2D eigenvalue weighted by molar-refractivity contribution is 0.103. The molecule has 2 rings (SSSR count). The van der Waals surface area contributed by atoms with E-state index in [1.165, 1.54) is 6.07 Å². The number of rotatable bonds is 14. The lowest BCUT2D eigenvalue weighted by Gasteiger charge is -2.14. The van der Waals surface area contributed by atoms with Gasteiger partial charge in [-0.3, -0.25) is 4.79 Å². The van der Waals surface area contributed by atoms with Crippen LogP contribution in [-0.4, -0.2) is 30.7 Å². The van der Waals surface area contributed by atoms with Gasteiger partial charge in [0.2, 0.25) is 0 Å². The summed E-state index contributed by atoms with van der Waals surface area (Å²) in [6, 6.07) is 10.0. The molecule has 0 saturated heterocycles. The minimum Gasteiger partial charge on any atom is -0.507 e. The molecule has 30 heavy (non-hydrogen) atoms. The maximum Gasteiger partial charge on any atom is 0.200 e. The molecule has 0 saturated carbocycles. The summed E-state index contributed by atoms with van der Waals surface area (Å²) >= 11 is 0. The molecule has 5 nitrogen and oxygen atoms in total. The van der Waals surface area contributed by atoms with Crippen LogP contribution in [0.15, 0.2) is 36.4 Å². The standard InChI is InChI=1S/C25H34O5/c1-4-7-14-28-19-10-12-21(23(26)17-19)25(27)22-13-11-20(29-15-8-5-2)18-24(22)30-16-9-6-3/h10-13,17-18,26H,4-9,14-16H2,1-3H3. The minimum atomic E-state index is -0.292. The van der Waals surface area contributed by atoms with Crippen molar-refractivity contribution in [3.8, 4) is 23.0 Å². The Kier molecular flexibility index (Phi) is 10.1. The Labute approximate surface area is 180 Å². The van der Waals surface area contributed by atoms with Gasteiger partial charge in [0.1, 0.15) is 23.0 Å². The van der Waals surface area contributed by atoms with Crippen molar-refractivity contribution in [3.63, 3.8) is 0 Å². The van der Waals surface area contributed by atoms with E-state index in [9.17, 15) is 9.90 Å². The molecule has 0 aliphatic rings. The molecule has 0 unspecified atom stereocenters. The molecule has 0 aliphatic heterocycles. The van der Waals surface area contributed by atoms with E-state index < -0.39 is 0 Å². The summed E-state index contributed by atoms with van der Waals surface area (Å²) in [5.41, 5.74) is 0.627. The smallest absolute Gasteiger partial charge is 0.200 e. The molecule has 0 spiro atoms. The van der Waals surface area contributed by atoms with E-state index in [1.807, 2.05) is 0 Å². The first-order valence-corrected chi connectivity index (χ1v) is 11.0. The molecule has 0 fully saturated rings. The highest BCUT2D eigenvalue weighted by Gasteiger charge is 2.19. The molecular weight excluding hydrogens is 380 g/mol. The number of phenolic OH excluding ortho intramolecular Hbond substituents is 1. The Balaban J connectivity index is 2.23. The van der Waals surface area contributed by atoms with Crippen molar-refractivity contribution in [2.24, 2.45) is 0 Å². The summed E-state index contributed by atoms with van der Waals surface area (Å²) < 4.78 is 17.3. The van der Waals surface area contributed by atoms with Gasteiger partial charge in [-0.05, 0) is 43.5 Å². The third kappa shape index (κ3) is 6.97. The molecule has 0 aromatic heterocycles. The lowest BCUT2D eigenvalue weighted by Crippen LogP contribution is -2.08. The van der Waals surface area contributed by atoms with Crippen LogP contribution in [0.4, 0.5) is 0 Å². The molecule has 164 valence electrons. The number of benzene rings is 2. The fraction of sp³-hybridized carbons (Fsp3) is 0.480. The largest absolute Gasteiger partial charge is 0.507 e. The zero-order chi connectivity index (χ0) is 21.8. The zero-order valence-electron chi connectivity index (χ0n) is 18.4. The van der Waals surface area contributed by atoms with E-state index in [0.29, 0.717) is 42.6 Å². The fourth-order valence-corrected chi connectivity index (χ4v) is 2.83. The van der Waals surface area contributed by atoms with Gasteiger partial charge in [0.05, 0.1) is 30.9 Å². The number of aromatic hydroxyl groups is 1. The van der Waals surface area contributed by atoms with E-state index >= 15 is 0 Å². The number of ketones is 1. The number of hydrogen-bond donors (Lipinski definition) is 1. The predicted molar refractivity (Wildman–Crippen MR) is 119 cm³/mol. The van der Waals surface area contributed by atoms with Gasteiger partial charge in [-0.1, -0.05) is 40.0 Å². The van der Waals surface area contributed by atoms with Gasteiger partial charge < -0.3 is 19.3 Å². The number of hydrogen-bond acceptors (Lipinski definition) is 5. The minimum absolute atomic E-state index is 0.100. The van der Waals surface area contributed by atoms with E-state index in [0.717, 1.165) is 38.5 Å². The van der Waals surface area contributed by atoms with E-state index in [-0.39, 0.29) is 17.1 Å². The monoisotopic (exact) mass is 414 g/mol. The SMILES string of the molecule is CCCCOc1ccc(C(=O)c2ccc(OCCCC)cc2OCCCC)c(O)c1. The van der Waals surface area contributed by atoms with Crippen molar-refractivity contribution in [2.45, 2.75) is 59.3 Å². The Morgan fingerprint density at radius 2 is 1.23 bits per heavy atom. The maximum atomic E-state index is 13.1. The molecule has 0 aliphatic carbocycles. The molecule has 1 N–H and O–H groups in total. The van der Waals surface area contributed by atoms with Crippen molar-refractivity contribution in [2.75, 3.05) is 19.8 Å². The first-order chi connectivity index (χ1) is 14.6. The Morgan fingerprint density at radius 3 is 1.77 bits per heavy atom. The number of carbonyl (C=O) groups is 1. The summed E-state index contributed by atoms with van der Waals surface area (Å²) in [5, 5.41) is 10.4. The van der Waals surface area contributed by atoms with E-state index in [1.54, 1.807) is 30.3 Å². The van der Waals surface area contributed by atoms with Gasteiger partial charge in [-0.2, -0.15) is 0 Å². The van der Waals surface area contributed by atoms with Gasteiger partial charge in [-0.15, -0.1) is 0 Å². The van der Waals surface area contributed by atoms with Crippen LogP contribution in [0.3, 0.4) is 0 Å². The van der Waals surface area contributed by atoms with E-state index in [4.69, 9.17) is 14.2 Å². The first kappa shape index (κ1) is 23.6. The average molecular weight is 415 g/mol. The maximum absolute atomic E-state index is 13.1. The number of unbranched alkanes of at least 4 members (excludes halogenated alkanes) is 3. The highest BCUT2D eigenvalue weighted by molar-refractivity contribution is 6.12. The van der Waals surface area contributed by atoms with Crippen LogP contribution in [0.25, 0.3) is 0 Å². The van der Waals surface area contributed by atoms with Crippen LogP contribution in [0.2, 0.25) is 0 Å². The Bertz CT molecular complexity index is 800. The van der Waals surface area contributed by atoms with Gasteiger partial charge in [0, 0.05) is 12.1 Å². The first-order valence-electron chi connectivity index (χ1n) is 11.0. The van der Waals surface area contributed by atoms with Crippen LogP contribution >= 0.6 is 0 Å². The van der Waals surface area contributed by atoms with Crippen LogP contribution in [-0.2, 0) is 0 Å². The molecular formula is C25H34O5. The van der Waals surface area contributed by atoms with Gasteiger partial charge in [-0.25, -0.2) is 0 Å². The third-order valence-corrected chi connectivity index (χ3v) is 4.70. The summed E-state index contributed by atoms with van der Waals surface area (Å²) in [7, 11) is 0. The molecule has 0 atom stereocenters. The highest BCUT2D eigenvalue weighted by atomic mass is 16.5. The van der Waals surface area contributed by atoms with Crippen LogP contribution < -0.4 is 14.2 Å². The second-order valence-electron chi connectivity index (χ2n) is 7.27. The highest BCUT2D eigenvalue weighted by Crippen LogP contribution is 2.31. The predicted octanol–water partition coefficient (Wildman–Crippen LogP) is 6.16. The lowest BCUT2D eigenvalue weighted by atomic mass is 10.0. The van der Waals surface area contributed by atoms with Crippen molar-refractivity contribution < 1.29 is 24.1 Å². The van der Waals surface area contributed by atoms with Gasteiger partial charge in [0.25, 0.3) is 0 Å². The number of phenols is 1. The zero-order valence-corrected chi connectivity index (χ0v) is 18.4. The summed E-state index contributed by atoms with van der Waals surface area (Å²) in [6.07, 6.45) is 5.87. The Morgan fingerprint density at radius 1 is 0.733 bits per heavy atom. The average Bonchev–Trinajstić information content (AvgIpc) is 2.74. The third-order valence-electron chi connectivity index (χ3n) is 4.70. The quantitative estimate of drug-likeness (QED) is 0.296. The van der Waals surface area contributed by atoms with Crippen LogP contribution in [0, 0.1) is 0 Å². The summed E-state index contributed by atoms with van der Waals surface area (Å²) in [4.78, 5) is 13.1. The number of ether oxygens (including phenoxy) is 3. The molecule has 2 aromatic carbocycles. The molecule has 0 bridgehead atoms. The second-order valence-corrected chi connectivity index (χ2v) is 7.27. The van der Waals surface area contributed by atoms with Gasteiger partial charge >= 0.3 is 0 Å². The van der Waals surface area contributed by atoms with Crippen molar-refractivity contribution in [1.82, 2.24) is 0 Å². The van der Waals surface area contributed by atoms with E-state index in [2.05, 4.69) is 20.8 Å².